The molecule has 4 nitrogen and oxygen atoms in total. The van der Waals surface area contributed by atoms with E-state index in [0.29, 0.717) is 22.4 Å². The maximum absolute atomic E-state index is 14.2. The van der Waals surface area contributed by atoms with Crippen LogP contribution >= 0.6 is 23.1 Å². The topological polar surface area (TPSA) is 58.4 Å². The van der Waals surface area contributed by atoms with Gasteiger partial charge >= 0.3 is 0 Å². The molecule has 21 heavy (non-hydrogen) atoms. The lowest BCUT2D eigenvalue weighted by atomic mass is 10.1. The number of amides is 1. The van der Waals surface area contributed by atoms with Crippen molar-refractivity contribution in [1.29, 1.82) is 0 Å². The summed E-state index contributed by atoms with van der Waals surface area (Å²) in [5, 5.41) is 0.525. The van der Waals surface area contributed by atoms with Crippen LogP contribution in [0, 0.1) is 5.82 Å². The summed E-state index contributed by atoms with van der Waals surface area (Å²) in [6.45, 7) is 1.39. The Hall–Kier alpha value is -1.15. The number of rotatable bonds is 6. The molecule has 1 amide bonds. The highest BCUT2D eigenvalue weighted by Gasteiger charge is 2.21. The summed E-state index contributed by atoms with van der Waals surface area (Å²) in [6, 6.07) is 4.89. The van der Waals surface area contributed by atoms with Crippen LogP contribution in [-0.2, 0) is 6.54 Å². The molecule has 0 saturated carbocycles. The highest BCUT2D eigenvalue weighted by atomic mass is 32.2. The van der Waals surface area contributed by atoms with E-state index < -0.39 is 0 Å². The van der Waals surface area contributed by atoms with Crippen LogP contribution in [-0.4, -0.2) is 36.4 Å². The summed E-state index contributed by atoms with van der Waals surface area (Å²) in [5.41, 5.74) is 2.85. The average molecular weight is 327 g/mol. The second-order valence-electron chi connectivity index (χ2n) is 4.73. The highest BCUT2D eigenvalue weighted by Crippen LogP contribution is 2.33. The minimum Gasteiger partial charge on any atom is -0.301 e. The first kappa shape index (κ1) is 16.2. The lowest BCUT2D eigenvalue weighted by Crippen LogP contribution is -2.31. The Morgan fingerprint density at radius 2 is 2.29 bits per heavy atom. The molecule has 2 aromatic rings. The molecule has 1 heterocycles. The molecule has 0 aliphatic rings. The first-order chi connectivity index (χ1) is 10.1. The number of hydrogen-bond acceptors (Lipinski definition) is 5. The fraction of sp³-hybridized carbons (Fsp3) is 0.357. The van der Waals surface area contributed by atoms with Crippen molar-refractivity contribution in [2.24, 2.45) is 5.84 Å². The Labute approximate surface area is 131 Å². The Morgan fingerprint density at radius 1 is 1.52 bits per heavy atom. The number of fused-ring (bicyclic) bond motifs is 1. The summed E-state index contributed by atoms with van der Waals surface area (Å²) < 4.78 is 14.9. The van der Waals surface area contributed by atoms with Gasteiger partial charge in [-0.05, 0) is 25.4 Å². The molecule has 0 aliphatic carbocycles. The molecule has 1 aromatic carbocycles. The number of hydrazine groups is 1. The van der Waals surface area contributed by atoms with Crippen LogP contribution in [0.2, 0.25) is 0 Å². The number of nitrogens with one attached hydrogen (secondary N) is 1. The second-order valence-corrected chi connectivity index (χ2v) is 6.76. The summed E-state index contributed by atoms with van der Waals surface area (Å²) in [5.74, 6) is 5.56. The monoisotopic (exact) mass is 327 g/mol. The minimum atomic E-state index is -0.371. The van der Waals surface area contributed by atoms with Crippen molar-refractivity contribution >= 4 is 39.1 Å². The summed E-state index contributed by atoms with van der Waals surface area (Å²) >= 11 is 3.02. The Kier molecular flexibility index (Phi) is 5.58. The van der Waals surface area contributed by atoms with Crippen LogP contribution in [0.15, 0.2) is 18.2 Å². The van der Waals surface area contributed by atoms with Gasteiger partial charge in [-0.15, -0.1) is 11.3 Å². The van der Waals surface area contributed by atoms with Gasteiger partial charge in [0, 0.05) is 34.5 Å². The third-order valence-corrected chi connectivity index (χ3v) is 4.99. The molecule has 0 saturated heterocycles. The zero-order valence-corrected chi connectivity index (χ0v) is 13.6. The molecule has 1 aromatic heterocycles. The van der Waals surface area contributed by atoms with E-state index in [2.05, 4.69) is 10.3 Å². The summed E-state index contributed by atoms with van der Waals surface area (Å²) in [7, 11) is 1.96. The zero-order valence-electron chi connectivity index (χ0n) is 12.0. The third-order valence-electron chi connectivity index (χ3n) is 3.21. The van der Waals surface area contributed by atoms with Crippen LogP contribution in [0.3, 0.4) is 0 Å². The van der Waals surface area contributed by atoms with E-state index in [-0.39, 0.29) is 11.7 Å². The lowest BCUT2D eigenvalue weighted by molar-refractivity contribution is 0.0956. The van der Waals surface area contributed by atoms with Crippen molar-refractivity contribution in [3.05, 3.63) is 34.5 Å². The molecule has 2 rings (SSSR count). The predicted octanol–water partition coefficient (Wildman–Crippen LogP) is 2.44. The first-order valence-electron chi connectivity index (χ1n) is 6.46. The van der Waals surface area contributed by atoms with Crippen LogP contribution < -0.4 is 11.3 Å². The third kappa shape index (κ3) is 3.55. The van der Waals surface area contributed by atoms with Gasteiger partial charge in [0.1, 0.15) is 5.82 Å². The van der Waals surface area contributed by atoms with Crippen molar-refractivity contribution in [3.8, 4) is 0 Å². The van der Waals surface area contributed by atoms with Crippen molar-refractivity contribution < 1.29 is 9.18 Å². The molecular weight excluding hydrogens is 309 g/mol. The zero-order chi connectivity index (χ0) is 15.4. The van der Waals surface area contributed by atoms with Crippen LogP contribution in [0.4, 0.5) is 4.39 Å². The minimum absolute atomic E-state index is 0.298. The van der Waals surface area contributed by atoms with E-state index in [9.17, 15) is 9.18 Å². The standard InChI is InChI=1S/C14H18FN3OS2/c1-18(6-7-20-2)8-9-12-10(15)4-3-5-11(12)21-13(9)14(19)17-16/h3-5H,6-8,16H2,1-2H3,(H,17,19). The number of thiophene rings is 1. The number of hydrogen-bond donors (Lipinski definition) is 2. The number of halogens is 1. The fourth-order valence-electron chi connectivity index (χ4n) is 2.16. The first-order valence-corrected chi connectivity index (χ1v) is 8.67. The molecular formula is C14H18FN3OS2. The van der Waals surface area contributed by atoms with Gasteiger partial charge in [-0.25, -0.2) is 10.2 Å². The largest absolute Gasteiger partial charge is 0.301 e. The maximum atomic E-state index is 14.2. The number of nitrogen functional groups attached to an aromatic ring is 1. The maximum Gasteiger partial charge on any atom is 0.275 e. The number of thioether (sulfide) groups is 1. The molecule has 0 aliphatic heterocycles. The Bertz CT molecular complexity index is 644. The fourth-order valence-corrected chi connectivity index (χ4v) is 3.79. The number of nitrogens with two attached hydrogens (primary N) is 1. The van der Waals surface area contributed by atoms with Crippen molar-refractivity contribution in [2.45, 2.75) is 6.54 Å². The molecule has 7 heteroatoms. The summed E-state index contributed by atoms with van der Waals surface area (Å²) in [4.78, 5) is 14.5. The van der Waals surface area contributed by atoms with Crippen LogP contribution in [0.1, 0.15) is 15.2 Å². The van der Waals surface area contributed by atoms with Gasteiger partial charge in [-0.1, -0.05) is 6.07 Å². The lowest BCUT2D eigenvalue weighted by Gasteiger charge is -2.16. The SMILES string of the molecule is CSCCN(C)Cc1c(C(=O)NN)sc2cccc(F)c12. The van der Waals surface area contributed by atoms with Crippen molar-refractivity contribution in [3.63, 3.8) is 0 Å². The molecule has 0 radical (unpaired) electrons. The van der Waals surface area contributed by atoms with Crippen LogP contribution in [0.25, 0.3) is 10.1 Å². The molecule has 3 N–H and O–H groups in total. The van der Waals surface area contributed by atoms with Gasteiger partial charge in [-0.3, -0.25) is 10.2 Å². The van der Waals surface area contributed by atoms with Gasteiger partial charge in [0.15, 0.2) is 0 Å². The number of benzene rings is 1. The second kappa shape index (κ2) is 7.22. The average Bonchev–Trinajstić information content (AvgIpc) is 2.84. The molecule has 0 atom stereocenters. The smallest absolute Gasteiger partial charge is 0.275 e. The normalized spacial score (nSPS) is 11.3. The van der Waals surface area contributed by atoms with Crippen molar-refractivity contribution in [1.82, 2.24) is 10.3 Å². The van der Waals surface area contributed by atoms with E-state index >= 15 is 0 Å². The number of carbonyl (C=O) groups is 1. The Morgan fingerprint density at radius 3 is 2.95 bits per heavy atom. The van der Waals surface area contributed by atoms with Gasteiger partial charge in [0.25, 0.3) is 5.91 Å². The van der Waals surface area contributed by atoms with Gasteiger partial charge in [0.05, 0.1) is 4.88 Å². The predicted molar refractivity (Wildman–Crippen MR) is 88.2 cm³/mol. The van der Waals surface area contributed by atoms with E-state index in [0.717, 1.165) is 17.0 Å². The molecule has 0 bridgehead atoms. The van der Waals surface area contributed by atoms with Crippen LogP contribution in [0.5, 0.6) is 0 Å². The summed E-state index contributed by atoms with van der Waals surface area (Å²) in [6.07, 6.45) is 2.04. The Balaban J connectivity index is 2.44. The molecule has 114 valence electrons. The number of carbonyl (C=O) groups excluding carboxylic acids is 1. The van der Waals surface area contributed by atoms with Gasteiger partial charge in [-0.2, -0.15) is 11.8 Å². The molecule has 0 unspecified atom stereocenters. The molecule has 0 spiro atoms. The van der Waals surface area contributed by atoms with Gasteiger partial charge < -0.3 is 4.90 Å². The van der Waals surface area contributed by atoms with E-state index in [1.54, 1.807) is 17.8 Å². The van der Waals surface area contributed by atoms with E-state index in [1.165, 1.54) is 17.4 Å². The number of nitrogens with zero attached hydrogens (tertiary/aromatic N) is 1. The quantitative estimate of drug-likeness (QED) is 0.486. The van der Waals surface area contributed by atoms with Gasteiger partial charge in [0.2, 0.25) is 0 Å². The highest BCUT2D eigenvalue weighted by molar-refractivity contribution is 7.98. The van der Waals surface area contributed by atoms with E-state index in [1.807, 2.05) is 19.4 Å². The molecule has 0 fully saturated rings. The van der Waals surface area contributed by atoms with E-state index in [4.69, 9.17) is 5.84 Å². The van der Waals surface area contributed by atoms with Crippen molar-refractivity contribution in [2.75, 3.05) is 25.6 Å².